The second kappa shape index (κ2) is 14.8. The first-order valence-corrected chi connectivity index (χ1v) is 5.84. The molecule has 0 amide bonds. The van der Waals surface area contributed by atoms with Gasteiger partial charge in [-0.05, 0) is 6.92 Å². The van der Waals surface area contributed by atoms with E-state index in [4.69, 9.17) is 18.9 Å². The molecule has 0 fully saturated rings. The predicted molar refractivity (Wildman–Crippen MR) is 62.9 cm³/mol. The van der Waals surface area contributed by atoms with Crippen LogP contribution in [-0.2, 0) is 18.9 Å². The molecule has 0 unspecified atom stereocenters. The number of ether oxygens (including phenoxy) is 4. The lowest BCUT2D eigenvalue weighted by Crippen LogP contribution is -2.24. The summed E-state index contributed by atoms with van der Waals surface area (Å²) in [7, 11) is 1.69. The van der Waals surface area contributed by atoms with Crippen LogP contribution in [0.15, 0.2) is 0 Å². The highest BCUT2D eigenvalue weighted by Crippen LogP contribution is 1.80. The SMILES string of the molecule is CCOCCOCCOCCNCCOC. The van der Waals surface area contributed by atoms with Crippen molar-refractivity contribution >= 4 is 0 Å². The van der Waals surface area contributed by atoms with Crippen LogP contribution >= 0.6 is 0 Å². The van der Waals surface area contributed by atoms with Gasteiger partial charge in [0, 0.05) is 26.8 Å². The standard InChI is InChI=1S/C11H25NO4/c1-3-14-8-9-16-11-10-15-7-5-12-4-6-13-2/h12H,3-11H2,1-2H3. The third kappa shape index (κ3) is 13.8. The molecule has 1 N–H and O–H groups in total. The number of methoxy groups -OCH3 is 1. The van der Waals surface area contributed by atoms with Gasteiger partial charge in [0.1, 0.15) is 0 Å². The van der Waals surface area contributed by atoms with E-state index >= 15 is 0 Å². The van der Waals surface area contributed by atoms with E-state index in [1.54, 1.807) is 7.11 Å². The fourth-order valence-electron chi connectivity index (χ4n) is 1.03. The van der Waals surface area contributed by atoms with Gasteiger partial charge in [0.05, 0.1) is 39.6 Å². The molecule has 0 aliphatic rings. The Morgan fingerprint density at radius 1 is 0.750 bits per heavy atom. The van der Waals surface area contributed by atoms with Crippen LogP contribution in [0.1, 0.15) is 6.92 Å². The molecule has 0 saturated heterocycles. The lowest BCUT2D eigenvalue weighted by Gasteiger charge is -2.06. The van der Waals surface area contributed by atoms with Crippen LogP contribution in [0, 0.1) is 0 Å². The molecule has 98 valence electrons. The summed E-state index contributed by atoms with van der Waals surface area (Å²) in [6.45, 7) is 8.44. The first-order chi connectivity index (χ1) is 7.91. The zero-order chi connectivity index (χ0) is 11.9. The zero-order valence-electron chi connectivity index (χ0n) is 10.5. The maximum absolute atomic E-state index is 5.35. The molecule has 0 radical (unpaired) electrons. The fourth-order valence-corrected chi connectivity index (χ4v) is 1.03. The summed E-state index contributed by atoms with van der Waals surface area (Å²) in [5, 5.41) is 3.19. The van der Waals surface area contributed by atoms with Crippen molar-refractivity contribution in [3.05, 3.63) is 0 Å². The Bertz CT molecular complexity index is 111. The Balaban J connectivity index is 2.83. The molecule has 5 nitrogen and oxygen atoms in total. The maximum Gasteiger partial charge on any atom is 0.0701 e. The van der Waals surface area contributed by atoms with Crippen LogP contribution in [0.4, 0.5) is 0 Å². The highest BCUT2D eigenvalue weighted by Gasteiger charge is 1.91. The molecule has 0 aliphatic heterocycles. The first-order valence-electron chi connectivity index (χ1n) is 5.84. The Kier molecular flexibility index (Phi) is 14.6. The fraction of sp³-hybridized carbons (Fsp3) is 1.00. The van der Waals surface area contributed by atoms with Crippen LogP contribution in [0.3, 0.4) is 0 Å². The van der Waals surface area contributed by atoms with Crippen LogP contribution < -0.4 is 5.32 Å². The van der Waals surface area contributed by atoms with Gasteiger partial charge in [0.15, 0.2) is 0 Å². The average molecular weight is 235 g/mol. The molecule has 0 spiro atoms. The van der Waals surface area contributed by atoms with Crippen molar-refractivity contribution in [3.63, 3.8) is 0 Å². The molecule has 0 atom stereocenters. The Labute approximate surface area is 98.4 Å². The predicted octanol–water partition coefficient (Wildman–Crippen LogP) is 0.292. The van der Waals surface area contributed by atoms with Crippen LogP contribution in [0.5, 0.6) is 0 Å². The molecule has 0 aromatic carbocycles. The lowest BCUT2D eigenvalue weighted by atomic mass is 10.6. The highest BCUT2D eigenvalue weighted by molar-refractivity contribution is 4.44. The minimum atomic E-state index is 0.630. The summed E-state index contributed by atoms with van der Waals surface area (Å²) in [5.41, 5.74) is 0. The zero-order valence-corrected chi connectivity index (χ0v) is 10.5. The van der Waals surface area contributed by atoms with E-state index in [-0.39, 0.29) is 0 Å². The monoisotopic (exact) mass is 235 g/mol. The van der Waals surface area contributed by atoms with Crippen molar-refractivity contribution in [1.82, 2.24) is 5.32 Å². The Morgan fingerprint density at radius 2 is 1.31 bits per heavy atom. The Morgan fingerprint density at radius 3 is 1.94 bits per heavy atom. The largest absolute Gasteiger partial charge is 0.383 e. The Hall–Kier alpha value is -0.200. The van der Waals surface area contributed by atoms with Crippen molar-refractivity contribution in [2.24, 2.45) is 0 Å². The van der Waals surface area contributed by atoms with Gasteiger partial charge in [-0.25, -0.2) is 0 Å². The van der Waals surface area contributed by atoms with E-state index in [9.17, 15) is 0 Å². The molecule has 0 aliphatic carbocycles. The van der Waals surface area contributed by atoms with Crippen molar-refractivity contribution in [2.45, 2.75) is 6.92 Å². The molecule has 0 bridgehead atoms. The molecule has 0 heterocycles. The normalized spacial score (nSPS) is 10.9. The average Bonchev–Trinajstić information content (AvgIpc) is 2.31. The van der Waals surface area contributed by atoms with Crippen molar-refractivity contribution < 1.29 is 18.9 Å². The van der Waals surface area contributed by atoms with Gasteiger partial charge in [-0.2, -0.15) is 0 Å². The molecular formula is C11H25NO4. The van der Waals surface area contributed by atoms with E-state index in [1.807, 2.05) is 6.92 Å². The summed E-state index contributed by atoms with van der Waals surface area (Å²) in [4.78, 5) is 0. The quantitative estimate of drug-likeness (QED) is 0.465. The summed E-state index contributed by atoms with van der Waals surface area (Å²) in [5.74, 6) is 0. The number of hydrogen-bond donors (Lipinski definition) is 1. The number of nitrogens with one attached hydrogen (secondary N) is 1. The molecular weight excluding hydrogens is 210 g/mol. The smallest absolute Gasteiger partial charge is 0.0701 e. The van der Waals surface area contributed by atoms with Gasteiger partial charge in [-0.3, -0.25) is 0 Å². The second-order valence-corrected chi connectivity index (χ2v) is 3.16. The maximum atomic E-state index is 5.35. The topological polar surface area (TPSA) is 49.0 Å². The van der Waals surface area contributed by atoms with E-state index < -0.39 is 0 Å². The second-order valence-electron chi connectivity index (χ2n) is 3.16. The summed E-state index contributed by atoms with van der Waals surface area (Å²) < 4.78 is 20.7. The van der Waals surface area contributed by atoms with Gasteiger partial charge >= 0.3 is 0 Å². The van der Waals surface area contributed by atoms with Gasteiger partial charge in [0.2, 0.25) is 0 Å². The van der Waals surface area contributed by atoms with E-state index in [0.29, 0.717) is 33.0 Å². The minimum Gasteiger partial charge on any atom is -0.383 e. The van der Waals surface area contributed by atoms with Crippen molar-refractivity contribution in [3.8, 4) is 0 Å². The summed E-state index contributed by atoms with van der Waals surface area (Å²) >= 11 is 0. The van der Waals surface area contributed by atoms with Crippen molar-refractivity contribution in [1.29, 1.82) is 0 Å². The molecule has 5 heteroatoms. The van der Waals surface area contributed by atoms with Crippen LogP contribution in [0.2, 0.25) is 0 Å². The van der Waals surface area contributed by atoms with E-state index in [0.717, 1.165) is 26.3 Å². The van der Waals surface area contributed by atoms with Gasteiger partial charge < -0.3 is 24.3 Å². The molecule has 0 aromatic rings. The minimum absolute atomic E-state index is 0.630. The third-order valence-electron chi connectivity index (χ3n) is 1.85. The van der Waals surface area contributed by atoms with Gasteiger partial charge in [-0.1, -0.05) is 0 Å². The molecule has 0 saturated carbocycles. The highest BCUT2D eigenvalue weighted by atomic mass is 16.5. The van der Waals surface area contributed by atoms with Crippen LogP contribution in [-0.4, -0.2) is 66.4 Å². The third-order valence-corrected chi connectivity index (χ3v) is 1.85. The van der Waals surface area contributed by atoms with Gasteiger partial charge in [-0.15, -0.1) is 0 Å². The van der Waals surface area contributed by atoms with E-state index in [2.05, 4.69) is 5.32 Å². The summed E-state index contributed by atoms with van der Waals surface area (Å²) in [6.07, 6.45) is 0. The van der Waals surface area contributed by atoms with Gasteiger partial charge in [0.25, 0.3) is 0 Å². The molecule has 0 rings (SSSR count). The first kappa shape index (κ1) is 15.8. The lowest BCUT2D eigenvalue weighted by molar-refractivity contribution is 0.0174. The van der Waals surface area contributed by atoms with E-state index in [1.165, 1.54) is 0 Å². The number of rotatable bonds is 13. The number of hydrogen-bond acceptors (Lipinski definition) is 5. The molecule has 0 aromatic heterocycles. The molecule has 16 heavy (non-hydrogen) atoms. The van der Waals surface area contributed by atoms with Crippen LogP contribution in [0.25, 0.3) is 0 Å². The summed E-state index contributed by atoms with van der Waals surface area (Å²) in [6, 6.07) is 0. The van der Waals surface area contributed by atoms with Crippen molar-refractivity contribution in [2.75, 3.05) is 66.4 Å².